The Hall–Kier alpha value is -1.06. The van der Waals surface area contributed by atoms with Crippen LogP contribution in [0.4, 0.5) is 0 Å². The molecular formula is C16H23ClN2O. The Bertz CT molecular complexity index is 448. The summed E-state index contributed by atoms with van der Waals surface area (Å²) in [6, 6.07) is 7.74. The summed E-state index contributed by atoms with van der Waals surface area (Å²) in [5.41, 5.74) is 0.664. The van der Waals surface area contributed by atoms with Gasteiger partial charge in [-0.25, -0.2) is 0 Å². The van der Waals surface area contributed by atoms with Gasteiger partial charge in [0.15, 0.2) is 0 Å². The molecule has 1 fully saturated rings. The van der Waals surface area contributed by atoms with Crippen LogP contribution in [0.5, 0.6) is 0 Å². The molecule has 3 nitrogen and oxygen atoms in total. The number of carbonyl (C=O) groups is 1. The van der Waals surface area contributed by atoms with Gasteiger partial charge < -0.3 is 10.2 Å². The first-order chi connectivity index (χ1) is 9.64. The summed E-state index contributed by atoms with van der Waals surface area (Å²) in [5, 5.41) is 4.01. The van der Waals surface area contributed by atoms with Crippen molar-refractivity contribution in [2.24, 2.45) is 0 Å². The van der Waals surface area contributed by atoms with Crippen LogP contribution in [0.1, 0.15) is 32.3 Å². The Kier molecular flexibility index (Phi) is 5.06. The van der Waals surface area contributed by atoms with E-state index in [-0.39, 0.29) is 5.91 Å². The van der Waals surface area contributed by atoms with Gasteiger partial charge in [-0.2, -0.15) is 0 Å². The molecule has 0 radical (unpaired) electrons. The van der Waals surface area contributed by atoms with Crippen LogP contribution in [0.15, 0.2) is 24.3 Å². The minimum Gasteiger partial charge on any atom is -0.339 e. The average Bonchev–Trinajstić information content (AvgIpc) is 2.51. The molecule has 1 aromatic carbocycles. The molecule has 20 heavy (non-hydrogen) atoms. The van der Waals surface area contributed by atoms with Gasteiger partial charge in [0.2, 0.25) is 5.91 Å². The number of hydrogen-bond acceptors (Lipinski definition) is 2. The topological polar surface area (TPSA) is 32.3 Å². The van der Waals surface area contributed by atoms with Gasteiger partial charge in [-0.3, -0.25) is 4.79 Å². The molecule has 2 rings (SSSR count). The molecule has 1 N–H and O–H groups in total. The lowest BCUT2D eigenvalue weighted by Crippen LogP contribution is -2.53. The van der Waals surface area contributed by atoms with E-state index in [1.54, 1.807) is 0 Å². The molecule has 1 saturated heterocycles. The highest BCUT2D eigenvalue weighted by Gasteiger charge is 2.39. The second kappa shape index (κ2) is 6.59. The van der Waals surface area contributed by atoms with Gasteiger partial charge in [-0.15, -0.1) is 0 Å². The second-order valence-corrected chi connectivity index (χ2v) is 5.77. The van der Waals surface area contributed by atoms with E-state index < -0.39 is 5.41 Å². The quantitative estimate of drug-likeness (QED) is 0.926. The van der Waals surface area contributed by atoms with Crippen LogP contribution in [-0.4, -0.2) is 37.0 Å². The van der Waals surface area contributed by atoms with Gasteiger partial charge in [0.05, 0.1) is 5.41 Å². The second-order valence-electron chi connectivity index (χ2n) is 5.34. The summed E-state index contributed by atoms with van der Waals surface area (Å²) in [4.78, 5) is 15.0. The summed E-state index contributed by atoms with van der Waals surface area (Å²) in [5.74, 6) is 0.256. The SMILES string of the molecule is CCC(CC)(C(=O)N1CCNCC1)c1ccc(Cl)cc1. The standard InChI is InChI=1S/C16H23ClN2O/c1-3-16(4-2,13-5-7-14(17)8-6-13)15(20)19-11-9-18-10-12-19/h5-8,18H,3-4,9-12H2,1-2H3. The molecule has 1 aromatic rings. The molecule has 1 aliphatic heterocycles. The molecule has 110 valence electrons. The van der Waals surface area contributed by atoms with E-state index in [1.807, 2.05) is 29.2 Å². The van der Waals surface area contributed by atoms with Crippen LogP contribution in [0.25, 0.3) is 0 Å². The van der Waals surface area contributed by atoms with Crippen LogP contribution in [0.3, 0.4) is 0 Å². The third kappa shape index (κ3) is 2.84. The minimum atomic E-state index is -0.415. The molecule has 1 heterocycles. The summed E-state index contributed by atoms with van der Waals surface area (Å²) in [7, 11) is 0. The van der Waals surface area contributed by atoms with E-state index in [4.69, 9.17) is 11.6 Å². The lowest BCUT2D eigenvalue weighted by molar-refractivity contribution is -0.138. The van der Waals surface area contributed by atoms with Crippen molar-refractivity contribution in [1.29, 1.82) is 0 Å². The molecule has 0 bridgehead atoms. The van der Waals surface area contributed by atoms with Gasteiger partial charge in [0.1, 0.15) is 0 Å². The monoisotopic (exact) mass is 294 g/mol. The first-order valence-corrected chi connectivity index (χ1v) is 7.78. The number of nitrogens with zero attached hydrogens (tertiary/aromatic N) is 1. The molecule has 0 unspecified atom stereocenters. The van der Waals surface area contributed by atoms with Crippen LogP contribution < -0.4 is 5.32 Å². The number of halogens is 1. The summed E-state index contributed by atoms with van der Waals surface area (Å²) in [6.07, 6.45) is 1.63. The lowest BCUT2D eigenvalue weighted by atomic mass is 9.74. The number of benzene rings is 1. The van der Waals surface area contributed by atoms with Crippen molar-refractivity contribution in [2.45, 2.75) is 32.1 Å². The van der Waals surface area contributed by atoms with E-state index in [9.17, 15) is 4.79 Å². The zero-order valence-corrected chi connectivity index (χ0v) is 13.0. The smallest absolute Gasteiger partial charge is 0.233 e. The van der Waals surface area contributed by atoms with Gasteiger partial charge >= 0.3 is 0 Å². The molecule has 0 aliphatic carbocycles. The molecule has 0 saturated carbocycles. The minimum absolute atomic E-state index is 0.256. The number of nitrogens with one attached hydrogen (secondary N) is 1. The number of carbonyl (C=O) groups excluding carboxylic acids is 1. The van der Waals surface area contributed by atoms with Crippen molar-refractivity contribution in [3.05, 3.63) is 34.9 Å². The van der Waals surface area contributed by atoms with E-state index in [0.29, 0.717) is 5.02 Å². The van der Waals surface area contributed by atoms with Gasteiger partial charge in [0, 0.05) is 31.2 Å². The number of hydrogen-bond donors (Lipinski definition) is 1. The zero-order chi connectivity index (χ0) is 14.6. The summed E-state index contributed by atoms with van der Waals surface area (Å²) in [6.45, 7) is 7.56. The zero-order valence-electron chi connectivity index (χ0n) is 12.3. The van der Waals surface area contributed by atoms with Crippen molar-refractivity contribution < 1.29 is 4.79 Å². The van der Waals surface area contributed by atoms with Crippen molar-refractivity contribution in [3.63, 3.8) is 0 Å². The molecule has 4 heteroatoms. The van der Waals surface area contributed by atoms with E-state index in [0.717, 1.165) is 44.6 Å². The van der Waals surface area contributed by atoms with E-state index in [1.165, 1.54) is 0 Å². The first kappa shape index (κ1) is 15.3. The maximum absolute atomic E-state index is 13.0. The van der Waals surface area contributed by atoms with Gasteiger partial charge in [-0.05, 0) is 30.5 Å². The Morgan fingerprint density at radius 2 is 1.75 bits per heavy atom. The number of piperazine rings is 1. The fourth-order valence-corrected chi connectivity index (χ4v) is 3.15. The maximum atomic E-state index is 13.0. The summed E-state index contributed by atoms with van der Waals surface area (Å²) >= 11 is 5.97. The Morgan fingerprint density at radius 3 is 2.25 bits per heavy atom. The van der Waals surface area contributed by atoms with Gasteiger partial charge in [0.25, 0.3) is 0 Å². The third-order valence-electron chi connectivity index (χ3n) is 4.42. The number of amides is 1. The van der Waals surface area contributed by atoms with E-state index >= 15 is 0 Å². The maximum Gasteiger partial charge on any atom is 0.233 e. The predicted octanol–water partition coefficient (Wildman–Crippen LogP) is 2.83. The highest BCUT2D eigenvalue weighted by atomic mass is 35.5. The number of rotatable bonds is 4. The third-order valence-corrected chi connectivity index (χ3v) is 4.67. The summed E-state index contributed by atoms with van der Waals surface area (Å²) < 4.78 is 0. The van der Waals surface area contributed by atoms with Crippen molar-refractivity contribution in [3.8, 4) is 0 Å². The van der Waals surface area contributed by atoms with E-state index in [2.05, 4.69) is 19.2 Å². The molecule has 1 aliphatic rings. The van der Waals surface area contributed by atoms with Crippen molar-refractivity contribution >= 4 is 17.5 Å². The Balaban J connectivity index is 2.32. The largest absolute Gasteiger partial charge is 0.339 e. The first-order valence-electron chi connectivity index (χ1n) is 7.40. The normalized spacial score (nSPS) is 16.2. The molecule has 0 spiro atoms. The predicted molar refractivity (Wildman–Crippen MR) is 83.2 cm³/mol. The molecular weight excluding hydrogens is 272 g/mol. The Labute approximate surface area is 126 Å². The average molecular weight is 295 g/mol. The fourth-order valence-electron chi connectivity index (χ4n) is 3.02. The van der Waals surface area contributed by atoms with Crippen molar-refractivity contribution in [2.75, 3.05) is 26.2 Å². The lowest BCUT2D eigenvalue weighted by Gasteiger charge is -2.38. The Morgan fingerprint density at radius 1 is 1.20 bits per heavy atom. The van der Waals surface area contributed by atoms with Crippen LogP contribution in [0, 0.1) is 0 Å². The molecule has 0 aromatic heterocycles. The fraction of sp³-hybridized carbons (Fsp3) is 0.562. The van der Waals surface area contributed by atoms with Crippen LogP contribution in [-0.2, 0) is 10.2 Å². The van der Waals surface area contributed by atoms with Crippen LogP contribution in [0.2, 0.25) is 5.02 Å². The van der Waals surface area contributed by atoms with Crippen LogP contribution >= 0.6 is 11.6 Å². The molecule has 1 amide bonds. The highest BCUT2D eigenvalue weighted by molar-refractivity contribution is 6.30. The van der Waals surface area contributed by atoms with Gasteiger partial charge in [-0.1, -0.05) is 37.6 Å². The molecule has 0 atom stereocenters. The highest BCUT2D eigenvalue weighted by Crippen LogP contribution is 2.34. The van der Waals surface area contributed by atoms with Crippen molar-refractivity contribution in [1.82, 2.24) is 10.2 Å².